The van der Waals surface area contributed by atoms with Gasteiger partial charge in [-0.05, 0) is 57.0 Å². The topological polar surface area (TPSA) is 91.0 Å². The average Bonchev–Trinajstić information content (AvgIpc) is 3.27. The lowest BCUT2D eigenvalue weighted by Crippen LogP contribution is -2.38. The highest BCUT2D eigenvalue weighted by Crippen LogP contribution is 2.40. The van der Waals surface area contributed by atoms with Crippen molar-refractivity contribution in [3.05, 3.63) is 73.1 Å². The molecule has 0 bridgehead atoms. The first-order valence-corrected chi connectivity index (χ1v) is 12.9. The van der Waals surface area contributed by atoms with E-state index in [1.54, 1.807) is 0 Å². The molecule has 1 aliphatic heterocycles. The van der Waals surface area contributed by atoms with Gasteiger partial charge in [-0.2, -0.15) is 0 Å². The highest BCUT2D eigenvalue weighted by Gasteiger charge is 2.22. The molecule has 4 aromatic rings. The number of aromatic nitrogens is 4. The van der Waals surface area contributed by atoms with Crippen LogP contribution in [0.3, 0.4) is 0 Å². The van der Waals surface area contributed by atoms with Crippen molar-refractivity contribution in [2.45, 2.75) is 45.9 Å². The average molecular weight is 512 g/mol. The van der Waals surface area contributed by atoms with Crippen LogP contribution >= 0.6 is 22.9 Å². The highest BCUT2D eigenvalue weighted by atomic mass is 35.5. The molecule has 3 aromatic heterocycles. The Labute approximate surface area is 211 Å². The number of nitrogens with one attached hydrogen (secondary N) is 1. The van der Waals surface area contributed by atoms with Crippen LogP contribution in [0.15, 0.2) is 46.4 Å². The zero-order valence-corrected chi connectivity index (χ0v) is 21.2. The zero-order valence-electron chi connectivity index (χ0n) is 19.6. The lowest BCUT2D eigenvalue weighted by molar-refractivity contribution is 0.167. The molecule has 0 radical (unpaired) electrons. The van der Waals surface area contributed by atoms with Crippen LogP contribution in [0.5, 0.6) is 5.75 Å². The van der Waals surface area contributed by atoms with E-state index >= 15 is 0 Å². The molecule has 0 saturated carbocycles. The van der Waals surface area contributed by atoms with Gasteiger partial charge >= 0.3 is 5.69 Å². The van der Waals surface area contributed by atoms with Gasteiger partial charge in [-0.1, -0.05) is 11.6 Å². The maximum Gasteiger partial charge on any atom is 0.331 e. The van der Waals surface area contributed by atoms with Crippen LogP contribution in [-0.4, -0.2) is 38.3 Å². The van der Waals surface area contributed by atoms with E-state index in [-0.39, 0.29) is 23.9 Å². The minimum absolute atomic E-state index is 0.0734. The molecule has 0 aliphatic carbocycles. The second-order valence-electron chi connectivity index (χ2n) is 8.64. The van der Waals surface area contributed by atoms with Gasteiger partial charge in [0.15, 0.2) is 0 Å². The minimum Gasteiger partial charge on any atom is -0.488 e. The molecule has 10 heteroatoms. The zero-order chi connectivity index (χ0) is 24.5. The van der Waals surface area contributed by atoms with Crippen molar-refractivity contribution in [3.8, 4) is 17.0 Å². The molecule has 5 rings (SSSR count). The van der Waals surface area contributed by atoms with Gasteiger partial charge < -0.3 is 14.6 Å². The quantitative estimate of drug-likeness (QED) is 0.423. The van der Waals surface area contributed by atoms with Crippen molar-refractivity contribution < 1.29 is 4.74 Å². The minimum atomic E-state index is -0.328. The molecular formula is C25H26ClN5O3S. The van der Waals surface area contributed by atoms with Crippen LogP contribution in [-0.2, 0) is 13.1 Å². The molecule has 1 N–H and O–H groups in total. The van der Waals surface area contributed by atoms with Crippen molar-refractivity contribution in [3.63, 3.8) is 0 Å². The summed E-state index contributed by atoms with van der Waals surface area (Å²) in [6.07, 6.45) is 5.18. The maximum absolute atomic E-state index is 12.7. The fourth-order valence-corrected chi connectivity index (χ4v) is 5.80. The third-order valence-electron chi connectivity index (χ3n) is 6.19. The Morgan fingerprint density at radius 2 is 2.11 bits per heavy atom. The maximum atomic E-state index is 12.7. The summed E-state index contributed by atoms with van der Waals surface area (Å²) in [5.74, 6) is 0.767. The first-order chi connectivity index (χ1) is 16.9. The Balaban J connectivity index is 1.58. The van der Waals surface area contributed by atoms with Gasteiger partial charge in [-0.15, -0.1) is 11.3 Å². The van der Waals surface area contributed by atoms with Gasteiger partial charge in [-0.3, -0.25) is 9.36 Å². The number of halogens is 1. The first kappa shape index (κ1) is 23.7. The van der Waals surface area contributed by atoms with E-state index < -0.39 is 0 Å². The normalized spacial score (nSPS) is 16.0. The fourth-order valence-electron chi connectivity index (χ4n) is 4.42. The third kappa shape index (κ3) is 4.76. The third-order valence-corrected chi connectivity index (χ3v) is 7.52. The monoisotopic (exact) mass is 511 g/mol. The lowest BCUT2D eigenvalue weighted by Gasteiger charge is -2.26. The Morgan fingerprint density at radius 1 is 1.26 bits per heavy atom. The molecule has 0 amide bonds. The molecule has 8 nitrogen and oxygen atoms in total. The molecule has 1 fully saturated rings. The smallest absolute Gasteiger partial charge is 0.331 e. The number of thiophene rings is 1. The number of fused-ring (bicyclic) bond motifs is 1. The number of piperidine rings is 1. The largest absolute Gasteiger partial charge is 0.488 e. The van der Waals surface area contributed by atoms with Crippen molar-refractivity contribution in [2.24, 2.45) is 0 Å². The van der Waals surface area contributed by atoms with Gasteiger partial charge in [0.05, 0.1) is 22.5 Å². The Kier molecular flexibility index (Phi) is 6.73. The molecule has 182 valence electrons. The Hall–Kier alpha value is -3.01. The molecule has 1 aliphatic rings. The fraction of sp³-hybridized carbons (Fsp3) is 0.360. The molecule has 4 heterocycles. The van der Waals surface area contributed by atoms with Crippen LogP contribution in [0.2, 0.25) is 5.02 Å². The lowest BCUT2D eigenvalue weighted by atomic mass is 10.0. The number of benzene rings is 1. The number of rotatable bonds is 6. The SMILES string of the molecule is CCn1ccc(=O)n(Cc2cc3ncnc(-c4cc(Cl)cc(C)c4O[C@H]4CCCNC4)c3s2)c1=O. The second kappa shape index (κ2) is 9.93. The van der Waals surface area contributed by atoms with Crippen LogP contribution in [0.4, 0.5) is 0 Å². The van der Waals surface area contributed by atoms with Crippen molar-refractivity contribution >= 4 is 33.2 Å². The molecular weight excluding hydrogens is 486 g/mol. The van der Waals surface area contributed by atoms with Gasteiger partial charge in [0.1, 0.15) is 18.2 Å². The molecule has 1 aromatic carbocycles. The number of hydrogen-bond acceptors (Lipinski definition) is 7. The van der Waals surface area contributed by atoms with Gasteiger partial charge in [-0.25, -0.2) is 14.8 Å². The van der Waals surface area contributed by atoms with Crippen LogP contribution in [0.25, 0.3) is 21.5 Å². The number of nitrogens with zero attached hydrogens (tertiary/aromatic N) is 4. The van der Waals surface area contributed by atoms with E-state index in [4.69, 9.17) is 16.3 Å². The van der Waals surface area contributed by atoms with Crippen molar-refractivity contribution in [2.75, 3.05) is 13.1 Å². The van der Waals surface area contributed by atoms with Crippen LogP contribution < -0.4 is 21.3 Å². The molecule has 1 atom stereocenters. The Morgan fingerprint density at radius 3 is 2.89 bits per heavy atom. The van der Waals surface area contributed by atoms with E-state index in [0.717, 1.165) is 63.6 Å². The summed E-state index contributed by atoms with van der Waals surface area (Å²) in [5.41, 5.74) is 2.57. The summed E-state index contributed by atoms with van der Waals surface area (Å²) < 4.78 is 10.1. The van der Waals surface area contributed by atoms with E-state index in [1.165, 1.54) is 39.1 Å². The van der Waals surface area contributed by atoms with Gasteiger partial charge in [0.25, 0.3) is 5.56 Å². The molecule has 35 heavy (non-hydrogen) atoms. The van der Waals surface area contributed by atoms with Gasteiger partial charge in [0.2, 0.25) is 0 Å². The number of hydrogen-bond donors (Lipinski definition) is 1. The highest BCUT2D eigenvalue weighted by molar-refractivity contribution is 7.19. The van der Waals surface area contributed by atoms with E-state index in [0.29, 0.717) is 11.6 Å². The molecule has 1 saturated heterocycles. The van der Waals surface area contributed by atoms with E-state index in [1.807, 2.05) is 32.0 Å². The predicted molar refractivity (Wildman–Crippen MR) is 139 cm³/mol. The van der Waals surface area contributed by atoms with E-state index in [9.17, 15) is 9.59 Å². The summed E-state index contributed by atoms with van der Waals surface area (Å²) >= 11 is 7.93. The standard InChI is InChI=1S/C25H26ClN5O3S/c1-3-30-8-6-21(32)31(25(30)33)13-18-11-20-24(35-18)22(29-14-28-20)19-10-16(26)9-15(2)23(19)34-17-5-4-7-27-12-17/h6,8-11,14,17,27H,3-5,7,12-13H2,1-2H3/t17-/m0/s1. The molecule has 0 spiro atoms. The summed E-state index contributed by atoms with van der Waals surface area (Å²) in [6, 6.07) is 7.10. The van der Waals surface area contributed by atoms with Crippen LogP contribution in [0.1, 0.15) is 30.2 Å². The molecule has 0 unspecified atom stereocenters. The summed E-state index contributed by atoms with van der Waals surface area (Å²) in [4.78, 5) is 35.0. The first-order valence-electron chi connectivity index (χ1n) is 11.7. The van der Waals surface area contributed by atoms with Crippen molar-refractivity contribution in [1.29, 1.82) is 0 Å². The predicted octanol–water partition coefficient (Wildman–Crippen LogP) is 3.84. The summed E-state index contributed by atoms with van der Waals surface area (Å²) in [7, 11) is 0. The van der Waals surface area contributed by atoms with Gasteiger partial charge in [0, 0.05) is 40.8 Å². The summed E-state index contributed by atoms with van der Waals surface area (Å²) in [5, 5.41) is 3.99. The van der Waals surface area contributed by atoms with Crippen molar-refractivity contribution in [1.82, 2.24) is 24.4 Å². The second-order valence-corrected chi connectivity index (χ2v) is 10.2. The van der Waals surface area contributed by atoms with E-state index in [2.05, 4.69) is 15.3 Å². The Bertz CT molecular complexity index is 1500. The summed E-state index contributed by atoms with van der Waals surface area (Å²) in [6.45, 7) is 6.32. The number of aryl methyl sites for hydroxylation is 2. The number of ether oxygens (including phenoxy) is 1. The van der Waals surface area contributed by atoms with Crippen LogP contribution in [0, 0.1) is 6.92 Å².